The Morgan fingerprint density at radius 3 is 2.80 bits per heavy atom. The van der Waals surface area contributed by atoms with Gasteiger partial charge in [0.25, 0.3) is 0 Å². The quantitative estimate of drug-likeness (QED) is 0.917. The van der Waals surface area contributed by atoms with Crippen molar-refractivity contribution >= 4 is 11.6 Å². The van der Waals surface area contributed by atoms with Gasteiger partial charge in [0.05, 0.1) is 18.5 Å². The number of anilines is 1. The fraction of sp³-hybridized carbons (Fsp3) is 0.214. The van der Waals surface area contributed by atoms with Gasteiger partial charge in [0.2, 0.25) is 5.91 Å². The maximum absolute atomic E-state index is 13.8. The zero-order valence-corrected chi connectivity index (χ0v) is 10.7. The fourth-order valence-corrected chi connectivity index (χ4v) is 2.39. The molecule has 2 aromatic rings. The minimum atomic E-state index is -1.11. The Morgan fingerprint density at radius 1 is 1.40 bits per heavy atom. The molecule has 1 amide bonds. The topological polar surface area (TPSA) is 59.5 Å². The number of amides is 1. The number of benzene rings is 1. The Bertz CT molecular complexity index is 696. The highest BCUT2D eigenvalue weighted by atomic mass is 19.1. The highest BCUT2D eigenvalue weighted by molar-refractivity contribution is 6.04. The standard InChI is InChI=1S/C14H12F2N2O2/c1-7-2-3-20-11(7)6-18-10-5-8(15)4-9(16)12(10)13(17)14(18)19/h2-5,13H,6,17H2,1H3. The summed E-state index contributed by atoms with van der Waals surface area (Å²) in [6.07, 6.45) is 1.50. The van der Waals surface area contributed by atoms with Gasteiger partial charge in [-0.1, -0.05) is 0 Å². The van der Waals surface area contributed by atoms with Crippen LogP contribution < -0.4 is 10.6 Å². The van der Waals surface area contributed by atoms with E-state index >= 15 is 0 Å². The zero-order chi connectivity index (χ0) is 14.4. The van der Waals surface area contributed by atoms with Gasteiger partial charge < -0.3 is 15.1 Å². The molecule has 1 aromatic heterocycles. The molecule has 1 aliphatic heterocycles. The summed E-state index contributed by atoms with van der Waals surface area (Å²) in [5.74, 6) is -1.47. The van der Waals surface area contributed by atoms with Crippen LogP contribution in [0.15, 0.2) is 28.9 Å². The van der Waals surface area contributed by atoms with Crippen molar-refractivity contribution in [2.24, 2.45) is 5.73 Å². The van der Waals surface area contributed by atoms with Crippen LogP contribution in [0.1, 0.15) is 22.9 Å². The van der Waals surface area contributed by atoms with Gasteiger partial charge in [-0.25, -0.2) is 8.78 Å². The largest absolute Gasteiger partial charge is 0.467 e. The van der Waals surface area contributed by atoms with E-state index in [9.17, 15) is 13.6 Å². The fourth-order valence-electron chi connectivity index (χ4n) is 2.39. The number of rotatable bonds is 2. The molecule has 0 fully saturated rings. The van der Waals surface area contributed by atoms with Crippen LogP contribution in [0, 0.1) is 18.6 Å². The molecule has 4 nitrogen and oxygen atoms in total. The van der Waals surface area contributed by atoms with Crippen LogP contribution in [0.5, 0.6) is 0 Å². The van der Waals surface area contributed by atoms with E-state index in [1.165, 1.54) is 11.2 Å². The van der Waals surface area contributed by atoms with E-state index in [0.717, 1.165) is 17.7 Å². The number of hydrogen-bond donors (Lipinski definition) is 1. The summed E-state index contributed by atoms with van der Waals surface area (Å²) in [6, 6.07) is 2.48. The molecule has 1 aliphatic rings. The van der Waals surface area contributed by atoms with Crippen LogP contribution in [0.4, 0.5) is 14.5 Å². The molecule has 20 heavy (non-hydrogen) atoms. The normalized spacial score (nSPS) is 17.7. The molecule has 0 aliphatic carbocycles. The van der Waals surface area contributed by atoms with Crippen LogP contribution in [-0.2, 0) is 11.3 Å². The number of fused-ring (bicyclic) bond motifs is 1. The van der Waals surface area contributed by atoms with E-state index in [-0.39, 0.29) is 17.8 Å². The monoisotopic (exact) mass is 278 g/mol. The third-order valence-electron chi connectivity index (χ3n) is 3.48. The lowest BCUT2D eigenvalue weighted by atomic mass is 10.1. The molecule has 2 N–H and O–H groups in total. The first-order valence-corrected chi connectivity index (χ1v) is 6.08. The Morgan fingerprint density at radius 2 is 2.15 bits per heavy atom. The molecule has 1 aromatic carbocycles. The Hall–Kier alpha value is -2.21. The van der Waals surface area contributed by atoms with E-state index in [4.69, 9.17) is 10.2 Å². The van der Waals surface area contributed by atoms with Gasteiger partial charge in [0, 0.05) is 11.6 Å². The van der Waals surface area contributed by atoms with E-state index in [1.54, 1.807) is 6.07 Å². The number of nitrogens with zero attached hydrogens (tertiary/aromatic N) is 1. The van der Waals surface area contributed by atoms with Crippen molar-refractivity contribution < 1.29 is 18.0 Å². The van der Waals surface area contributed by atoms with Crippen molar-refractivity contribution in [3.05, 3.63) is 53.0 Å². The minimum absolute atomic E-state index is 0.0283. The molecule has 0 radical (unpaired) electrons. The average Bonchev–Trinajstić information content (AvgIpc) is 2.87. The van der Waals surface area contributed by atoms with Crippen LogP contribution in [-0.4, -0.2) is 5.91 Å². The Balaban J connectivity index is 2.06. The van der Waals surface area contributed by atoms with Crippen molar-refractivity contribution in [3.8, 4) is 0 Å². The predicted octanol–water partition coefficient (Wildman–Crippen LogP) is 2.41. The van der Waals surface area contributed by atoms with Crippen molar-refractivity contribution in [1.29, 1.82) is 0 Å². The number of aryl methyl sites for hydroxylation is 1. The summed E-state index contributed by atoms with van der Waals surface area (Å²) in [6.45, 7) is 1.92. The van der Waals surface area contributed by atoms with Gasteiger partial charge in [-0.05, 0) is 24.6 Å². The maximum Gasteiger partial charge on any atom is 0.249 e. The first-order valence-electron chi connectivity index (χ1n) is 6.08. The first-order chi connectivity index (χ1) is 9.49. The van der Waals surface area contributed by atoms with Gasteiger partial charge in [-0.2, -0.15) is 0 Å². The lowest BCUT2D eigenvalue weighted by Gasteiger charge is -2.16. The van der Waals surface area contributed by atoms with E-state index in [0.29, 0.717) is 5.76 Å². The molecule has 0 saturated heterocycles. The molecule has 1 atom stereocenters. The van der Waals surface area contributed by atoms with Gasteiger partial charge >= 0.3 is 0 Å². The van der Waals surface area contributed by atoms with Crippen LogP contribution in [0.3, 0.4) is 0 Å². The van der Waals surface area contributed by atoms with Crippen LogP contribution in [0.2, 0.25) is 0 Å². The second kappa shape index (κ2) is 4.42. The van der Waals surface area contributed by atoms with Gasteiger partial charge in [-0.15, -0.1) is 0 Å². The lowest BCUT2D eigenvalue weighted by molar-refractivity contribution is -0.119. The second-order valence-corrected chi connectivity index (χ2v) is 4.75. The molecule has 0 spiro atoms. The third-order valence-corrected chi connectivity index (χ3v) is 3.48. The molecule has 6 heteroatoms. The lowest BCUT2D eigenvalue weighted by Crippen LogP contribution is -2.31. The Kier molecular flexibility index (Phi) is 2.83. The predicted molar refractivity (Wildman–Crippen MR) is 67.9 cm³/mol. The smallest absolute Gasteiger partial charge is 0.249 e. The van der Waals surface area contributed by atoms with E-state index < -0.39 is 23.6 Å². The summed E-state index contributed by atoms with van der Waals surface area (Å²) >= 11 is 0. The maximum atomic E-state index is 13.8. The average molecular weight is 278 g/mol. The summed E-state index contributed by atoms with van der Waals surface area (Å²) in [7, 11) is 0. The number of nitrogens with two attached hydrogens (primary N) is 1. The summed E-state index contributed by atoms with van der Waals surface area (Å²) < 4.78 is 32.4. The van der Waals surface area contributed by atoms with Gasteiger partial charge in [0.1, 0.15) is 23.4 Å². The Labute approximate surface area is 113 Å². The molecular weight excluding hydrogens is 266 g/mol. The zero-order valence-electron chi connectivity index (χ0n) is 10.7. The number of carbonyl (C=O) groups is 1. The molecular formula is C14H12F2N2O2. The third kappa shape index (κ3) is 1.80. The van der Waals surface area contributed by atoms with Crippen molar-refractivity contribution in [2.75, 3.05) is 4.90 Å². The molecule has 2 heterocycles. The van der Waals surface area contributed by atoms with Crippen molar-refractivity contribution in [1.82, 2.24) is 0 Å². The summed E-state index contributed by atoms with van der Waals surface area (Å²) in [5.41, 5.74) is 6.76. The van der Waals surface area contributed by atoms with E-state index in [2.05, 4.69) is 0 Å². The molecule has 1 unspecified atom stereocenters. The summed E-state index contributed by atoms with van der Waals surface area (Å²) in [4.78, 5) is 13.4. The number of halogens is 2. The van der Waals surface area contributed by atoms with Crippen LogP contribution >= 0.6 is 0 Å². The molecule has 0 bridgehead atoms. The molecule has 3 rings (SSSR count). The van der Waals surface area contributed by atoms with Gasteiger partial charge in [0.15, 0.2) is 0 Å². The first kappa shape index (κ1) is 12.8. The highest BCUT2D eigenvalue weighted by Crippen LogP contribution is 2.38. The second-order valence-electron chi connectivity index (χ2n) is 4.75. The SMILES string of the molecule is Cc1ccoc1CN1C(=O)C(N)c2c(F)cc(F)cc21. The van der Waals surface area contributed by atoms with Crippen molar-refractivity contribution in [3.63, 3.8) is 0 Å². The number of carbonyl (C=O) groups excluding carboxylic acids is 1. The van der Waals surface area contributed by atoms with Gasteiger partial charge in [-0.3, -0.25) is 4.79 Å². The number of hydrogen-bond acceptors (Lipinski definition) is 3. The summed E-state index contributed by atoms with van der Waals surface area (Å²) in [5, 5.41) is 0. The molecule has 0 saturated carbocycles. The van der Waals surface area contributed by atoms with Crippen molar-refractivity contribution in [2.45, 2.75) is 19.5 Å². The van der Waals surface area contributed by atoms with E-state index in [1.807, 2.05) is 6.92 Å². The number of furan rings is 1. The van der Waals surface area contributed by atoms with Crippen LogP contribution in [0.25, 0.3) is 0 Å². The molecule has 104 valence electrons. The minimum Gasteiger partial charge on any atom is -0.467 e. The highest BCUT2D eigenvalue weighted by Gasteiger charge is 2.38.